The summed E-state index contributed by atoms with van der Waals surface area (Å²) in [5.74, 6) is -0.918. The van der Waals surface area contributed by atoms with Gasteiger partial charge < -0.3 is 20.3 Å². The highest BCUT2D eigenvalue weighted by Gasteiger charge is 2.29. The van der Waals surface area contributed by atoms with Crippen LogP contribution in [0.4, 0.5) is 14.9 Å². The SMILES string of the molecule is O=C(NCCC(O)C(O)c1ccc(F)cc1[N+](=O)[O-])OCC1c2ccccc2-c2ccccc21. The molecule has 0 fully saturated rings. The molecule has 0 spiro atoms. The van der Waals surface area contributed by atoms with E-state index < -0.39 is 34.7 Å². The quantitative estimate of drug-likeness (QED) is 0.340. The minimum Gasteiger partial charge on any atom is -0.449 e. The van der Waals surface area contributed by atoms with Crippen LogP contribution in [0.15, 0.2) is 66.7 Å². The maximum absolute atomic E-state index is 13.3. The number of hydrogen-bond donors (Lipinski definition) is 3. The third-order valence-electron chi connectivity index (χ3n) is 5.93. The van der Waals surface area contributed by atoms with Gasteiger partial charge in [-0.3, -0.25) is 10.1 Å². The van der Waals surface area contributed by atoms with Gasteiger partial charge in [-0.1, -0.05) is 48.5 Å². The highest BCUT2D eigenvalue weighted by Crippen LogP contribution is 2.44. The first-order chi connectivity index (χ1) is 16.4. The fourth-order valence-corrected chi connectivity index (χ4v) is 4.26. The number of nitro benzene ring substituents is 1. The number of hydrogen-bond acceptors (Lipinski definition) is 6. The van der Waals surface area contributed by atoms with E-state index in [4.69, 9.17) is 4.74 Å². The molecule has 0 aromatic heterocycles. The van der Waals surface area contributed by atoms with E-state index in [1.54, 1.807) is 0 Å². The number of alkyl carbamates (subject to hydrolysis) is 1. The smallest absolute Gasteiger partial charge is 0.407 e. The fraction of sp³-hybridized carbons (Fsp3) is 0.240. The number of nitrogens with zero attached hydrogens (tertiary/aromatic N) is 1. The second-order valence-electron chi connectivity index (χ2n) is 8.01. The number of nitrogens with one attached hydrogen (secondary N) is 1. The van der Waals surface area contributed by atoms with Gasteiger partial charge in [0.15, 0.2) is 0 Å². The van der Waals surface area contributed by atoms with Crippen LogP contribution in [-0.2, 0) is 4.74 Å². The Morgan fingerprint density at radius 1 is 1.06 bits per heavy atom. The number of ether oxygens (including phenoxy) is 1. The Morgan fingerprint density at radius 3 is 2.29 bits per heavy atom. The molecule has 0 bridgehead atoms. The number of aliphatic hydroxyl groups excluding tert-OH is 2. The molecule has 1 amide bonds. The third-order valence-corrected chi connectivity index (χ3v) is 5.93. The molecule has 34 heavy (non-hydrogen) atoms. The lowest BCUT2D eigenvalue weighted by atomic mass is 9.98. The van der Waals surface area contributed by atoms with E-state index in [1.807, 2.05) is 48.5 Å². The van der Waals surface area contributed by atoms with Crippen molar-refractivity contribution in [2.75, 3.05) is 13.2 Å². The van der Waals surface area contributed by atoms with Gasteiger partial charge in [-0.05, 0) is 40.8 Å². The van der Waals surface area contributed by atoms with E-state index in [2.05, 4.69) is 5.32 Å². The van der Waals surface area contributed by atoms with Crippen LogP contribution in [0, 0.1) is 15.9 Å². The van der Waals surface area contributed by atoms with E-state index in [-0.39, 0.29) is 31.1 Å². The first-order valence-electron chi connectivity index (χ1n) is 10.8. The predicted molar refractivity (Wildman–Crippen MR) is 122 cm³/mol. The molecule has 0 saturated carbocycles. The average molecular weight is 466 g/mol. The van der Waals surface area contributed by atoms with Crippen LogP contribution >= 0.6 is 0 Å². The lowest BCUT2D eigenvalue weighted by molar-refractivity contribution is -0.386. The lowest BCUT2D eigenvalue weighted by Crippen LogP contribution is -2.30. The van der Waals surface area contributed by atoms with E-state index in [1.165, 1.54) is 0 Å². The molecular formula is C25H23FN2O6. The summed E-state index contributed by atoms with van der Waals surface area (Å²) in [4.78, 5) is 22.5. The van der Waals surface area contributed by atoms with Crippen molar-refractivity contribution in [1.82, 2.24) is 5.32 Å². The van der Waals surface area contributed by atoms with Crippen molar-refractivity contribution in [3.63, 3.8) is 0 Å². The second kappa shape index (κ2) is 9.98. The molecular weight excluding hydrogens is 443 g/mol. The molecule has 0 saturated heterocycles. The van der Waals surface area contributed by atoms with Crippen LogP contribution in [0.3, 0.4) is 0 Å². The van der Waals surface area contributed by atoms with E-state index in [0.29, 0.717) is 6.07 Å². The first kappa shape index (κ1) is 23.3. The summed E-state index contributed by atoms with van der Waals surface area (Å²) < 4.78 is 18.7. The normalized spacial score (nSPS) is 14.1. The number of carbonyl (C=O) groups excluding carboxylic acids is 1. The standard InChI is InChI=1S/C25H23FN2O6/c26-15-9-10-20(22(13-15)28(32)33)24(30)23(29)11-12-27-25(31)34-14-21-18-7-3-1-5-16(18)17-6-2-4-8-19(17)21/h1-10,13,21,23-24,29-30H,11-12,14H2,(H,27,31). The number of carbonyl (C=O) groups is 1. The summed E-state index contributed by atoms with van der Waals surface area (Å²) in [5.41, 5.74) is 3.54. The predicted octanol–water partition coefficient (Wildman–Crippen LogP) is 4.06. The Kier molecular flexibility index (Phi) is 6.85. The molecule has 1 aliphatic rings. The summed E-state index contributed by atoms with van der Waals surface area (Å²) in [7, 11) is 0. The molecule has 176 valence electrons. The van der Waals surface area contributed by atoms with Gasteiger partial charge in [0.05, 0.1) is 22.7 Å². The zero-order valence-electron chi connectivity index (χ0n) is 18.1. The van der Waals surface area contributed by atoms with E-state index >= 15 is 0 Å². The highest BCUT2D eigenvalue weighted by molar-refractivity contribution is 5.79. The Morgan fingerprint density at radius 2 is 1.68 bits per heavy atom. The molecule has 4 rings (SSSR count). The molecule has 3 aromatic rings. The molecule has 8 nitrogen and oxygen atoms in total. The zero-order valence-corrected chi connectivity index (χ0v) is 18.1. The third kappa shape index (κ3) is 4.75. The monoisotopic (exact) mass is 466 g/mol. The first-order valence-corrected chi connectivity index (χ1v) is 10.8. The van der Waals surface area contributed by atoms with Crippen molar-refractivity contribution < 1.29 is 29.1 Å². The number of halogens is 1. The number of rotatable bonds is 8. The maximum Gasteiger partial charge on any atom is 0.407 e. The Bertz CT molecular complexity index is 1170. The number of aliphatic hydroxyl groups is 2. The lowest BCUT2D eigenvalue weighted by Gasteiger charge is -2.19. The van der Waals surface area contributed by atoms with Gasteiger partial charge in [0.25, 0.3) is 5.69 Å². The van der Waals surface area contributed by atoms with E-state index in [0.717, 1.165) is 34.4 Å². The van der Waals surface area contributed by atoms with Crippen molar-refractivity contribution in [3.05, 3.63) is 99.4 Å². The molecule has 2 unspecified atom stereocenters. The molecule has 3 N–H and O–H groups in total. The topological polar surface area (TPSA) is 122 Å². The van der Waals surface area contributed by atoms with Crippen molar-refractivity contribution in [2.24, 2.45) is 0 Å². The molecule has 0 aliphatic heterocycles. The van der Waals surface area contributed by atoms with Crippen LogP contribution < -0.4 is 5.32 Å². The fourth-order valence-electron chi connectivity index (χ4n) is 4.26. The van der Waals surface area contributed by atoms with Gasteiger partial charge in [0, 0.05) is 12.5 Å². The number of benzene rings is 3. The molecule has 1 aliphatic carbocycles. The summed E-state index contributed by atoms with van der Waals surface area (Å²) in [6, 6.07) is 18.6. The van der Waals surface area contributed by atoms with Crippen molar-refractivity contribution in [2.45, 2.75) is 24.5 Å². The maximum atomic E-state index is 13.3. The van der Waals surface area contributed by atoms with Crippen LogP contribution in [0.25, 0.3) is 11.1 Å². The zero-order chi connectivity index (χ0) is 24.2. The summed E-state index contributed by atoms with van der Waals surface area (Å²) in [6.45, 7) is 0.0940. The van der Waals surface area contributed by atoms with Crippen LogP contribution in [0.2, 0.25) is 0 Å². The van der Waals surface area contributed by atoms with Gasteiger partial charge in [0.1, 0.15) is 18.5 Å². The van der Waals surface area contributed by atoms with E-state index in [9.17, 15) is 29.5 Å². The Hall–Kier alpha value is -3.82. The number of amides is 1. The number of fused-ring (bicyclic) bond motifs is 3. The highest BCUT2D eigenvalue weighted by atomic mass is 19.1. The Labute approximate surface area is 194 Å². The molecule has 3 aromatic carbocycles. The summed E-state index contributed by atoms with van der Waals surface area (Å²) in [5, 5.41) is 34.1. The minimum absolute atomic E-state index is 0.0378. The van der Waals surface area contributed by atoms with Crippen molar-refractivity contribution in [1.29, 1.82) is 0 Å². The largest absolute Gasteiger partial charge is 0.449 e. The Balaban J connectivity index is 1.30. The summed E-state index contributed by atoms with van der Waals surface area (Å²) in [6.07, 6.45) is -3.82. The van der Waals surface area contributed by atoms with Crippen molar-refractivity contribution in [3.8, 4) is 11.1 Å². The molecule has 9 heteroatoms. The minimum atomic E-state index is -1.62. The summed E-state index contributed by atoms with van der Waals surface area (Å²) >= 11 is 0. The van der Waals surface area contributed by atoms with Crippen molar-refractivity contribution >= 4 is 11.8 Å². The van der Waals surface area contributed by atoms with Crippen LogP contribution in [-0.4, -0.2) is 40.5 Å². The molecule has 0 radical (unpaired) electrons. The van der Waals surface area contributed by atoms with Gasteiger partial charge >= 0.3 is 6.09 Å². The average Bonchev–Trinajstić information content (AvgIpc) is 3.16. The van der Waals surface area contributed by atoms with Crippen LogP contribution in [0.5, 0.6) is 0 Å². The molecule has 0 heterocycles. The molecule has 2 atom stereocenters. The van der Waals surface area contributed by atoms with Crippen LogP contribution in [0.1, 0.15) is 35.1 Å². The second-order valence-corrected chi connectivity index (χ2v) is 8.01. The van der Waals surface area contributed by atoms with Gasteiger partial charge in [-0.25, -0.2) is 9.18 Å². The number of nitro groups is 1. The van der Waals surface area contributed by atoms with Gasteiger partial charge in [-0.15, -0.1) is 0 Å². The van der Waals surface area contributed by atoms with Gasteiger partial charge in [0.2, 0.25) is 0 Å². The van der Waals surface area contributed by atoms with Gasteiger partial charge in [-0.2, -0.15) is 0 Å².